The van der Waals surface area contributed by atoms with Crippen LogP contribution in [0.3, 0.4) is 0 Å². The van der Waals surface area contributed by atoms with Crippen LogP contribution in [-0.4, -0.2) is 59.1 Å². The van der Waals surface area contributed by atoms with Crippen LogP contribution >= 0.6 is 0 Å². The van der Waals surface area contributed by atoms with E-state index in [4.69, 9.17) is 14.2 Å². The van der Waals surface area contributed by atoms with Gasteiger partial charge in [0.25, 0.3) is 5.91 Å². The van der Waals surface area contributed by atoms with Crippen LogP contribution < -0.4 is 14.2 Å². The second-order valence-corrected chi connectivity index (χ2v) is 14.3. The van der Waals surface area contributed by atoms with Crippen molar-refractivity contribution >= 4 is 18.1 Å². The molecule has 0 aromatic heterocycles. The minimum atomic E-state index is -4.81. The number of fused-ring (bicyclic) bond motifs is 1. The van der Waals surface area contributed by atoms with E-state index in [0.717, 1.165) is 23.3 Å². The van der Waals surface area contributed by atoms with Gasteiger partial charge in [-0.15, -0.1) is 13.2 Å². The number of nitrogens with zero attached hydrogens (tertiary/aromatic N) is 2. The zero-order chi connectivity index (χ0) is 39.2. The lowest BCUT2D eigenvalue weighted by Crippen LogP contribution is -2.50. The van der Waals surface area contributed by atoms with E-state index in [2.05, 4.69) is 25.5 Å². The van der Waals surface area contributed by atoms with Gasteiger partial charge in [0.15, 0.2) is 0 Å². The number of alkyl halides is 3. The molecule has 4 aromatic rings. The predicted octanol–water partition coefficient (Wildman–Crippen LogP) is 9.91. The molecule has 286 valence electrons. The molecule has 1 atom stereocenters. The third-order valence-corrected chi connectivity index (χ3v) is 8.65. The van der Waals surface area contributed by atoms with E-state index in [-0.39, 0.29) is 48.9 Å². The summed E-state index contributed by atoms with van der Waals surface area (Å²) in [7, 11) is 0. The number of amides is 3. The topological polar surface area (TPSA) is 115 Å². The number of benzene rings is 4. The highest BCUT2D eigenvalue weighted by Crippen LogP contribution is 2.37. The van der Waals surface area contributed by atoms with Crippen LogP contribution in [0.15, 0.2) is 91.0 Å². The van der Waals surface area contributed by atoms with Crippen LogP contribution in [0.25, 0.3) is 0 Å². The number of carbonyl (C=O) groups is 3. The molecule has 1 aliphatic heterocycles. The molecule has 0 aliphatic carbocycles. The number of ether oxygens (including phenoxy) is 4. The van der Waals surface area contributed by atoms with Crippen LogP contribution in [0.4, 0.5) is 22.8 Å². The van der Waals surface area contributed by atoms with Crippen molar-refractivity contribution in [2.24, 2.45) is 5.92 Å². The first kappa shape index (κ1) is 39.5. The molecule has 10 nitrogen and oxygen atoms in total. The highest BCUT2D eigenvalue weighted by atomic mass is 19.4. The van der Waals surface area contributed by atoms with Gasteiger partial charge in [-0.3, -0.25) is 9.69 Å². The van der Waals surface area contributed by atoms with Gasteiger partial charge in [-0.25, -0.2) is 14.5 Å². The Hall–Kier alpha value is -5.72. The lowest BCUT2D eigenvalue weighted by Gasteiger charge is -2.37. The molecular formula is C41H43F3N2O8. The normalized spacial score (nSPS) is 14.2. The van der Waals surface area contributed by atoms with Crippen molar-refractivity contribution in [3.8, 4) is 28.7 Å². The van der Waals surface area contributed by atoms with E-state index in [9.17, 15) is 32.7 Å². The molecule has 0 saturated carbocycles. The lowest BCUT2D eigenvalue weighted by molar-refractivity contribution is -0.274. The van der Waals surface area contributed by atoms with Crippen LogP contribution in [0.5, 0.6) is 28.7 Å². The maximum atomic E-state index is 14.3. The molecule has 54 heavy (non-hydrogen) atoms. The Kier molecular flexibility index (Phi) is 12.1. The summed E-state index contributed by atoms with van der Waals surface area (Å²) in [5.74, 6) is 0.493. The summed E-state index contributed by atoms with van der Waals surface area (Å²) in [4.78, 5) is 42.3. The van der Waals surface area contributed by atoms with E-state index in [0.29, 0.717) is 39.7 Å². The molecule has 0 fully saturated rings. The third kappa shape index (κ3) is 10.5. The quantitative estimate of drug-likeness (QED) is 0.161. The average molecular weight is 749 g/mol. The molecule has 1 N–H and O–H groups in total. The molecule has 0 saturated heterocycles. The summed E-state index contributed by atoms with van der Waals surface area (Å²) in [6, 6.07) is 23.2. The first-order chi connectivity index (χ1) is 25.5. The third-order valence-electron chi connectivity index (χ3n) is 8.65. The summed E-state index contributed by atoms with van der Waals surface area (Å²) >= 11 is 0. The van der Waals surface area contributed by atoms with E-state index in [1.165, 1.54) is 17.0 Å². The molecule has 13 heteroatoms. The van der Waals surface area contributed by atoms with Crippen molar-refractivity contribution in [2.75, 3.05) is 19.7 Å². The van der Waals surface area contributed by atoms with Gasteiger partial charge < -0.3 is 24.1 Å². The Morgan fingerprint density at radius 3 is 1.91 bits per heavy atom. The first-order valence-corrected chi connectivity index (χ1v) is 17.5. The number of hydrogen-bond donors (Lipinski definition) is 1. The van der Waals surface area contributed by atoms with Gasteiger partial charge in [-0.05, 0) is 107 Å². The summed E-state index contributed by atoms with van der Waals surface area (Å²) < 4.78 is 58.7. The minimum Gasteiger partial charge on any atom is -0.465 e. The summed E-state index contributed by atoms with van der Waals surface area (Å²) in [5.41, 5.74) is 2.99. The maximum absolute atomic E-state index is 14.3. The van der Waals surface area contributed by atoms with Crippen molar-refractivity contribution in [3.63, 3.8) is 0 Å². The number of rotatable bonds is 11. The summed E-state index contributed by atoms with van der Waals surface area (Å²) in [6.07, 6.45) is -6.44. The highest BCUT2D eigenvalue weighted by Gasteiger charge is 2.41. The van der Waals surface area contributed by atoms with E-state index >= 15 is 0 Å². The van der Waals surface area contributed by atoms with Crippen molar-refractivity contribution < 1.29 is 51.6 Å². The Balaban J connectivity index is 1.34. The second kappa shape index (κ2) is 16.5. The zero-order valence-electron chi connectivity index (χ0n) is 30.7. The van der Waals surface area contributed by atoms with Crippen LogP contribution in [0, 0.1) is 5.92 Å². The fourth-order valence-electron chi connectivity index (χ4n) is 5.86. The Morgan fingerprint density at radius 1 is 0.815 bits per heavy atom. The SMILES string of the molecule is CC(C)COC(=O)N1CCc2ccc(Oc3ccc(C(C)(C)C)cc3)cc2[C@H]1C(=O)N(CCc1ccc(Oc2ccc(OC(F)(F)F)cc2)cc1)C(=O)O. The van der Waals surface area contributed by atoms with Gasteiger partial charge in [-0.1, -0.05) is 65.0 Å². The number of carbonyl (C=O) groups excluding carboxylic acids is 2. The number of halogens is 3. The predicted molar refractivity (Wildman–Crippen MR) is 194 cm³/mol. The summed E-state index contributed by atoms with van der Waals surface area (Å²) in [5, 5.41) is 10.3. The number of carboxylic acid groups (broad SMARTS) is 1. The molecule has 1 heterocycles. The van der Waals surface area contributed by atoms with E-state index in [1.807, 2.05) is 44.2 Å². The molecule has 0 spiro atoms. The molecule has 0 unspecified atom stereocenters. The molecule has 5 rings (SSSR count). The standard InChI is InChI=1S/C41H43F3N2O8/c1-26(2)25-51-39(50)45-23-21-28-8-13-34(53-31-14-9-29(10-15-31)40(3,4)5)24-35(28)36(45)37(47)46(38(48)49)22-20-27-6-11-30(12-7-27)52-32-16-18-33(19-17-32)54-41(42,43)44/h6-19,24,26,36H,20-23,25H2,1-5H3,(H,48,49)/t36-/m0/s1. The van der Waals surface area contributed by atoms with Gasteiger partial charge in [-0.2, -0.15) is 0 Å². The number of imide groups is 1. The zero-order valence-corrected chi connectivity index (χ0v) is 30.7. The molecule has 0 radical (unpaired) electrons. The van der Waals surface area contributed by atoms with E-state index in [1.54, 1.807) is 36.4 Å². The van der Waals surface area contributed by atoms with Gasteiger partial charge in [0.2, 0.25) is 0 Å². The molecule has 0 bridgehead atoms. The van der Waals surface area contributed by atoms with Crippen molar-refractivity contribution in [3.05, 3.63) is 113 Å². The van der Waals surface area contributed by atoms with Gasteiger partial charge in [0, 0.05) is 13.1 Å². The van der Waals surface area contributed by atoms with Gasteiger partial charge >= 0.3 is 18.5 Å². The highest BCUT2D eigenvalue weighted by molar-refractivity contribution is 5.97. The Bertz CT molecular complexity index is 1920. The lowest BCUT2D eigenvalue weighted by atomic mass is 9.87. The van der Waals surface area contributed by atoms with Gasteiger partial charge in [0.1, 0.15) is 34.8 Å². The molecule has 4 aromatic carbocycles. The maximum Gasteiger partial charge on any atom is 0.573 e. The minimum absolute atomic E-state index is 0.0376. The average Bonchev–Trinajstić information content (AvgIpc) is 3.10. The largest absolute Gasteiger partial charge is 0.573 e. The van der Waals surface area contributed by atoms with Crippen molar-refractivity contribution in [2.45, 2.75) is 65.3 Å². The Labute approximate surface area is 312 Å². The molecule has 3 amide bonds. The van der Waals surface area contributed by atoms with Crippen LogP contribution in [0.1, 0.15) is 62.9 Å². The fraction of sp³-hybridized carbons (Fsp3) is 0.341. The van der Waals surface area contributed by atoms with E-state index < -0.39 is 30.5 Å². The molecular weight excluding hydrogens is 705 g/mol. The molecule has 1 aliphatic rings. The van der Waals surface area contributed by atoms with Crippen molar-refractivity contribution in [1.29, 1.82) is 0 Å². The van der Waals surface area contributed by atoms with Gasteiger partial charge in [0.05, 0.1) is 6.61 Å². The number of hydrogen-bond acceptors (Lipinski definition) is 7. The Morgan fingerprint density at radius 2 is 1.35 bits per heavy atom. The fourth-order valence-corrected chi connectivity index (χ4v) is 5.86. The summed E-state index contributed by atoms with van der Waals surface area (Å²) in [6.45, 7) is 10.2. The first-order valence-electron chi connectivity index (χ1n) is 17.5. The van der Waals surface area contributed by atoms with Crippen LogP contribution in [-0.2, 0) is 27.8 Å². The van der Waals surface area contributed by atoms with Crippen molar-refractivity contribution in [1.82, 2.24) is 9.80 Å². The smallest absolute Gasteiger partial charge is 0.465 e. The monoisotopic (exact) mass is 748 g/mol. The van der Waals surface area contributed by atoms with Crippen LogP contribution in [0.2, 0.25) is 0 Å². The second-order valence-electron chi connectivity index (χ2n) is 14.3.